The van der Waals surface area contributed by atoms with Crippen LogP contribution in [0.3, 0.4) is 0 Å². The van der Waals surface area contributed by atoms with Gasteiger partial charge in [-0.25, -0.2) is 4.79 Å². The number of aromatic nitrogens is 2. The molecule has 17 heavy (non-hydrogen) atoms. The van der Waals surface area contributed by atoms with Gasteiger partial charge < -0.3 is 10.3 Å². The highest BCUT2D eigenvalue weighted by Crippen LogP contribution is 2.33. The van der Waals surface area contributed by atoms with Gasteiger partial charge in [-0.05, 0) is 38.3 Å². The van der Waals surface area contributed by atoms with Crippen LogP contribution in [0.5, 0.6) is 0 Å². The molecule has 2 aliphatic rings. The van der Waals surface area contributed by atoms with Crippen LogP contribution >= 0.6 is 0 Å². The molecular weight excluding hydrogens is 214 g/mol. The van der Waals surface area contributed by atoms with E-state index < -0.39 is 0 Å². The fraction of sp³-hybridized carbons (Fsp3) is 0.692. The Morgan fingerprint density at radius 3 is 2.71 bits per heavy atom. The van der Waals surface area contributed by atoms with Crippen molar-refractivity contribution in [2.75, 3.05) is 6.54 Å². The van der Waals surface area contributed by atoms with E-state index in [9.17, 15) is 4.79 Å². The van der Waals surface area contributed by atoms with E-state index in [1.54, 1.807) is 0 Å². The van der Waals surface area contributed by atoms with Gasteiger partial charge in [-0.3, -0.25) is 0 Å². The molecule has 1 aliphatic heterocycles. The molecule has 1 unspecified atom stereocenters. The van der Waals surface area contributed by atoms with Gasteiger partial charge in [-0.1, -0.05) is 12.8 Å². The Morgan fingerprint density at radius 2 is 2.00 bits per heavy atom. The summed E-state index contributed by atoms with van der Waals surface area (Å²) in [6, 6.07) is 2.44. The van der Waals surface area contributed by atoms with Gasteiger partial charge in [0.05, 0.1) is 5.69 Å². The normalized spacial score (nSPS) is 25.5. The van der Waals surface area contributed by atoms with Crippen molar-refractivity contribution in [1.29, 1.82) is 0 Å². The van der Waals surface area contributed by atoms with Crippen LogP contribution in [0.2, 0.25) is 0 Å². The Balaban J connectivity index is 1.91. The summed E-state index contributed by atoms with van der Waals surface area (Å²) in [4.78, 5) is 18.7. The van der Waals surface area contributed by atoms with E-state index in [1.165, 1.54) is 32.1 Å². The van der Waals surface area contributed by atoms with Crippen molar-refractivity contribution in [1.82, 2.24) is 15.3 Å². The summed E-state index contributed by atoms with van der Waals surface area (Å²) >= 11 is 0. The van der Waals surface area contributed by atoms with E-state index >= 15 is 0 Å². The third kappa shape index (κ3) is 2.27. The van der Waals surface area contributed by atoms with E-state index in [0.29, 0.717) is 12.0 Å². The highest BCUT2D eigenvalue weighted by molar-refractivity contribution is 5.17. The van der Waals surface area contributed by atoms with Gasteiger partial charge in [0.25, 0.3) is 0 Å². The first-order valence-electron chi connectivity index (χ1n) is 6.67. The van der Waals surface area contributed by atoms with Gasteiger partial charge in [0, 0.05) is 17.7 Å². The zero-order valence-electron chi connectivity index (χ0n) is 10.0. The molecular formula is C13H19N3O. The molecule has 1 aromatic heterocycles. The third-order valence-electron chi connectivity index (χ3n) is 3.99. The van der Waals surface area contributed by atoms with Gasteiger partial charge in [0.1, 0.15) is 0 Å². The van der Waals surface area contributed by atoms with Crippen LogP contribution in [-0.4, -0.2) is 16.5 Å². The van der Waals surface area contributed by atoms with E-state index in [-0.39, 0.29) is 5.69 Å². The standard InChI is InChI=1S/C13H19N3O/c17-13-15-11(9-4-1-2-5-9)8-12(16-13)10-6-3-7-14-10/h8-10,14H,1-7H2,(H,15,16,17). The van der Waals surface area contributed by atoms with E-state index in [1.807, 2.05) is 0 Å². The summed E-state index contributed by atoms with van der Waals surface area (Å²) in [6.07, 6.45) is 7.23. The zero-order valence-corrected chi connectivity index (χ0v) is 10.0. The predicted molar refractivity (Wildman–Crippen MR) is 66.0 cm³/mol. The number of nitrogens with one attached hydrogen (secondary N) is 2. The number of rotatable bonds is 2. The lowest BCUT2D eigenvalue weighted by molar-refractivity contribution is 0.610. The highest BCUT2D eigenvalue weighted by Gasteiger charge is 2.22. The lowest BCUT2D eigenvalue weighted by Crippen LogP contribution is -2.22. The number of aromatic amines is 1. The van der Waals surface area contributed by atoms with Crippen molar-refractivity contribution in [2.24, 2.45) is 0 Å². The molecule has 0 spiro atoms. The van der Waals surface area contributed by atoms with E-state index in [0.717, 1.165) is 24.4 Å². The van der Waals surface area contributed by atoms with Crippen molar-refractivity contribution in [3.63, 3.8) is 0 Å². The van der Waals surface area contributed by atoms with Crippen LogP contribution in [0.4, 0.5) is 0 Å². The van der Waals surface area contributed by atoms with Crippen molar-refractivity contribution in [3.8, 4) is 0 Å². The average Bonchev–Trinajstić information content (AvgIpc) is 3.02. The maximum Gasteiger partial charge on any atom is 0.345 e. The number of H-pyrrole nitrogens is 1. The fourth-order valence-corrected chi connectivity index (χ4v) is 3.06. The van der Waals surface area contributed by atoms with Gasteiger partial charge in [0.2, 0.25) is 0 Å². The summed E-state index contributed by atoms with van der Waals surface area (Å²) in [5, 5.41) is 3.42. The SMILES string of the molecule is O=c1nc(C2CCCC2)cc(C2CCCN2)[nH]1. The topological polar surface area (TPSA) is 57.8 Å². The minimum atomic E-state index is -0.182. The zero-order chi connectivity index (χ0) is 11.7. The summed E-state index contributed by atoms with van der Waals surface area (Å²) in [7, 11) is 0. The Kier molecular flexibility index (Phi) is 2.97. The number of hydrogen-bond acceptors (Lipinski definition) is 3. The molecule has 1 saturated carbocycles. The minimum absolute atomic E-state index is 0.182. The molecule has 1 aromatic rings. The molecule has 0 bridgehead atoms. The molecule has 0 amide bonds. The largest absolute Gasteiger partial charge is 0.345 e. The van der Waals surface area contributed by atoms with Crippen molar-refractivity contribution in [2.45, 2.75) is 50.5 Å². The maximum atomic E-state index is 11.6. The molecule has 4 nitrogen and oxygen atoms in total. The molecule has 0 radical (unpaired) electrons. The Hall–Kier alpha value is -1.16. The van der Waals surface area contributed by atoms with Crippen LogP contribution in [0.1, 0.15) is 61.9 Å². The first-order valence-corrected chi connectivity index (χ1v) is 6.67. The highest BCUT2D eigenvalue weighted by atomic mass is 16.1. The lowest BCUT2D eigenvalue weighted by Gasteiger charge is -2.13. The average molecular weight is 233 g/mol. The number of nitrogens with zero attached hydrogens (tertiary/aromatic N) is 1. The molecule has 2 fully saturated rings. The Morgan fingerprint density at radius 1 is 1.18 bits per heavy atom. The lowest BCUT2D eigenvalue weighted by atomic mass is 10.0. The summed E-state index contributed by atoms with van der Waals surface area (Å²) in [6.45, 7) is 1.05. The van der Waals surface area contributed by atoms with Crippen molar-refractivity contribution in [3.05, 3.63) is 27.9 Å². The molecule has 4 heteroatoms. The number of hydrogen-bond donors (Lipinski definition) is 2. The van der Waals surface area contributed by atoms with E-state index in [2.05, 4.69) is 21.4 Å². The Labute approximate surface area is 101 Å². The third-order valence-corrected chi connectivity index (χ3v) is 3.99. The van der Waals surface area contributed by atoms with E-state index in [4.69, 9.17) is 0 Å². The van der Waals surface area contributed by atoms with Crippen LogP contribution in [0.15, 0.2) is 10.9 Å². The first-order chi connectivity index (χ1) is 8.33. The molecule has 0 aromatic carbocycles. The van der Waals surface area contributed by atoms with Crippen LogP contribution in [0, 0.1) is 0 Å². The second-order valence-corrected chi connectivity index (χ2v) is 5.20. The van der Waals surface area contributed by atoms with Crippen LogP contribution in [-0.2, 0) is 0 Å². The molecule has 1 saturated heterocycles. The predicted octanol–water partition coefficient (Wildman–Crippen LogP) is 1.85. The second-order valence-electron chi connectivity index (χ2n) is 5.20. The van der Waals surface area contributed by atoms with Crippen LogP contribution in [0.25, 0.3) is 0 Å². The van der Waals surface area contributed by atoms with Crippen molar-refractivity contribution < 1.29 is 0 Å². The van der Waals surface area contributed by atoms with Gasteiger partial charge in [-0.2, -0.15) is 4.98 Å². The smallest absolute Gasteiger partial charge is 0.309 e. The molecule has 3 rings (SSSR count). The monoisotopic (exact) mass is 233 g/mol. The minimum Gasteiger partial charge on any atom is -0.309 e. The van der Waals surface area contributed by atoms with Crippen LogP contribution < -0.4 is 11.0 Å². The first kappa shape index (κ1) is 11.0. The summed E-state index contributed by atoms with van der Waals surface area (Å²) in [5.41, 5.74) is 1.86. The van der Waals surface area contributed by atoms with Crippen molar-refractivity contribution >= 4 is 0 Å². The summed E-state index contributed by atoms with van der Waals surface area (Å²) < 4.78 is 0. The second kappa shape index (κ2) is 4.61. The molecule has 2 heterocycles. The quantitative estimate of drug-likeness (QED) is 0.819. The molecule has 2 N–H and O–H groups in total. The molecule has 1 aliphatic carbocycles. The summed E-state index contributed by atoms with van der Waals surface area (Å²) in [5.74, 6) is 0.512. The Bertz CT molecular complexity index is 405. The van der Waals surface area contributed by atoms with Gasteiger partial charge in [0.15, 0.2) is 0 Å². The molecule has 1 atom stereocenters. The molecule has 92 valence electrons. The fourth-order valence-electron chi connectivity index (χ4n) is 3.06. The maximum absolute atomic E-state index is 11.6. The van der Waals surface area contributed by atoms with Gasteiger partial charge >= 0.3 is 5.69 Å². The van der Waals surface area contributed by atoms with Gasteiger partial charge in [-0.15, -0.1) is 0 Å².